The van der Waals surface area contributed by atoms with Crippen LogP contribution < -0.4 is 4.74 Å². The fourth-order valence-corrected chi connectivity index (χ4v) is 2.87. The Morgan fingerprint density at radius 1 is 1.35 bits per heavy atom. The van der Waals surface area contributed by atoms with E-state index in [1.807, 2.05) is 30.5 Å². The minimum Gasteiger partial charge on any atom is -0.485 e. The van der Waals surface area contributed by atoms with E-state index < -0.39 is 0 Å². The second-order valence-electron chi connectivity index (χ2n) is 5.95. The highest BCUT2D eigenvalue weighted by molar-refractivity contribution is 5.72. The zero-order valence-corrected chi connectivity index (χ0v) is 13.7. The molecule has 3 rings (SSSR count). The lowest BCUT2D eigenvalue weighted by Crippen LogP contribution is -2.27. The molecule has 0 bridgehead atoms. The summed E-state index contributed by atoms with van der Waals surface area (Å²) < 4.78 is 12.8. The van der Waals surface area contributed by atoms with E-state index in [9.17, 15) is 4.79 Å². The number of methoxy groups -OCH3 is 1. The molecule has 1 aromatic heterocycles. The van der Waals surface area contributed by atoms with Gasteiger partial charge in [-0.05, 0) is 37.5 Å². The van der Waals surface area contributed by atoms with Gasteiger partial charge in [0.1, 0.15) is 18.2 Å². The summed E-state index contributed by atoms with van der Waals surface area (Å²) in [6.07, 6.45) is 1.32. The number of carbonyl (C=O) groups is 1. The smallest absolute Gasteiger partial charge is 0.309 e. The van der Waals surface area contributed by atoms with E-state index in [0.29, 0.717) is 19.6 Å². The standard InChI is InChI=1S/C17H21N3O3/c1-11-4-5-12(2)14(8-11)23-10-16-19-18-15-9-13(17(21)22-3)6-7-20(15)16/h4-5,8,13H,6-7,9-10H2,1-3H3. The molecule has 122 valence electrons. The van der Waals surface area contributed by atoms with Crippen LogP contribution in [0.2, 0.25) is 0 Å². The number of esters is 1. The molecule has 0 radical (unpaired) electrons. The molecule has 0 saturated carbocycles. The van der Waals surface area contributed by atoms with Crippen LogP contribution in [0.4, 0.5) is 0 Å². The number of carbonyl (C=O) groups excluding carboxylic acids is 1. The SMILES string of the molecule is COC(=O)C1CCn2c(COc3cc(C)ccc3C)nnc2C1. The Bertz CT molecular complexity index is 724. The number of hydrogen-bond acceptors (Lipinski definition) is 5. The number of aromatic nitrogens is 3. The van der Waals surface area contributed by atoms with E-state index in [1.165, 1.54) is 7.11 Å². The molecule has 1 unspecified atom stereocenters. The first-order valence-corrected chi connectivity index (χ1v) is 7.77. The van der Waals surface area contributed by atoms with E-state index in [2.05, 4.69) is 16.3 Å². The van der Waals surface area contributed by atoms with Crippen LogP contribution in [0.25, 0.3) is 0 Å². The van der Waals surface area contributed by atoms with Gasteiger partial charge in [0.2, 0.25) is 0 Å². The number of benzene rings is 1. The second kappa shape index (κ2) is 6.40. The Morgan fingerprint density at radius 3 is 2.96 bits per heavy atom. The van der Waals surface area contributed by atoms with Crippen LogP contribution in [-0.4, -0.2) is 27.8 Å². The summed E-state index contributed by atoms with van der Waals surface area (Å²) in [5, 5.41) is 8.42. The first kappa shape index (κ1) is 15.5. The van der Waals surface area contributed by atoms with Gasteiger partial charge in [-0.3, -0.25) is 4.79 Å². The fraction of sp³-hybridized carbons (Fsp3) is 0.471. The van der Waals surface area contributed by atoms with Gasteiger partial charge in [0.15, 0.2) is 5.82 Å². The first-order valence-electron chi connectivity index (χ1n) is 7.77. The molecular weight excluding hydrogens is 294 g/mol. The van der Waals surface area contributed by atoms with Crippen molar-refractivity contribution in [3.63, 3.8) is 0 Å². The number of rotatable bonds is 4. The van der Waals surface area contributed by atoms with Gasteiger partial charge in [-0.15, -0.1) is 10.2 Å². The van der Waals surface area contributed by atoms with Gasteiger partial charge >= 0.3 is 5.97 Å². The van der Waals surface area contributed by atoms with E-state index in [0.717, 1.165) is 34.9 Å². The normalized spacial score (nSPS) is 16.7. The van der Waals surface area contributed by atoms with Gasteiger partial charge in [0.05, 0.1) is 13.0 Å². The first-order chi connectivity index (χ1) is 11.1. The van der Waals surface area contributed by atoms with Crippen molar-refractivity contribution in [1.82, 2.24) is 14.8 Å². The fourth-order valence-electron chi connectivity index (χ4n) is 2.87. The topological polar surface area (TPSA) is 66.2 Å². The van der Waals surface area contributed by atoms with Crippen molar-refractivity contribution in [1.29, 1.82) is 0 Å². The van der Waals surface area contributed by atoms with Gasteiger partial charge in [-0.2, -0.15) is 0 Å². The minimum atomic E-state index is -0.174. The summed E-state index contributed by atoms with van der Waals surface area (Å²) in [5.74, 6) is 2.19. The summed E-state index contributed by atoms with van der Waals surface area (Å²) in [7, 11) is 1.42. The summed E-state index contributed by atoms with van der Waals surface area (Å²) in [6.45, 7) is 5.15. The van der Waals surface area contributed by atoms with Gasteiger partial charge in [0, 0.05) is 13.0 Å². The maximum Gasteiger partial charge on any atom is 0.309 e. The largest absolute Gasteiger partial charge is 0.485 e. The van der Waals surface area contributed by atoms with Crippen molar-refractivity contribution in [2.75, 3.05) is 7.11 Å². The third-order valence-electron chi connectivity index (χ3n) is 4.27. The molecule has 2 aromatic rings. The molecular formula is C17H21N3O3. The van der Waals surface area contributed by atoms with Crippen LogP contribution in [0.5, 0.6) is 5.75 Å². The highest BCUT2D eigenvalue weighted by Crippen LogP contribution is 2.23. The molecule has 1 aliphatic heterocycles. The number of hydrogen-bond donors (Lipinski definition) is 0. The molecule has 6 heteroatoms. The quantitative estimate of drug-likeness (QED) is 0.809. The second-order valence-corrected chi connectivity index (χ2v) is 5.95. The summed E-state index contributed by atoms with van der Waals surface area (Å²) in [4.78, 5) is 11.7. The molecule has 6 nitrogen and oxygen atoms in total. The molecule has 0 amide bonds. The monoisotopic (exact) mass is 315 g/mol. The molecule has 2 heterocycles. The summed E-state index contributed by atoms with van der Waals surface area (Å²) in [5.41, 5.74) is 2.26. The van der Waals surface area contributed by atoms with Crippen LogP contribution in [0.15, 0.2) is 18.2 Å². The van der Waals surface area contributed by atoms with Gasteiger partial charge < -0.3 is 14.0 Å². The Hall–Kier alpha value is -2.37. The average molecular weight is 315 g/mol. The highest BCUT2D eigenvalue weighted by atomic mass is 16.5. The minimum absolute atomic E-state index is 0.121. The zero-order chi connectivity index (χ0) is 16.4. The lowest BCUT2D eigenvalue weighted by atomic mass is 9.98. The Balaban J connectivity index is 1.70. The van der Waals surface area contributed by atoms with Crippen molar-refractivity contribution < 1.29 is 14.3 Å². The molecule has 1 atom stereocenters. The van der Waals surface area contributed by atoms with Crippen LogP contribution in [0.1, 0.15) is 29.2 Å². The molecule has 0 N–H and O–H groups in total. The number of aryl methyl sites for hydroxylation is 2. The van der Waals surface area contributed by atoms with Gasteiger partial charge in [0.25, 0.3) is 0 Å². The lowest BCUT2D eigenvalue weighted by molar-refractivity contribution is -0.146. The van der Waals surface area contributed by atoms with Crippen molar-refractivity contribution in [2.24, 2.45) is 5.92 Å². The van der Waals surface area contributed by atoms with Gasteiger partial charge in [-0.25, -0.2) is 0 Å². The van der Waals surface area contributed by atoms with Crippen LogP contribution >= 0.6 is 0 Å². The molecule has 0 aliphatic carbocycles. The van der Waals surface area contributed by atoms with Crippen LogP contribution in [-0.2, 0) is 29.1 Å². The number of nitrogens with zero attached hydrogens (tertiary/aromatic N) is 3. The molecule has 0 saturated heterocycles. The Labute approximate surface area is 135 Å². The number of ether oxygens (including phenoxy) is 2. The maximum atomic E-state index is 11.7. The molecule has 1 aliphatic rings. The van der Waals surface area contributed by atoms with Crippen molar-refractivity contribution in [3.8, 4) is 5.75 Å². The van der Waals surface area contributed by atoms with E-state index in [4.69, 9.17) is 9.47 Å². The lowest BCUT2D eigenvalue weighted by Gasteiger charge is -2.21. The predicted molar refractivity (Wildman–Crippen MR) is 84.1 cm³/mol. The molecule has 0 spiro atoms. The molecule has 1 aromatic carbocycles. The van der Waals surface area contributed by atoms with Crippen LogP contribution in [0.3, 0.4) is 0 Å². The molecule has 23 heavy (non-hydrogen) atoms. The Kier molecular flexibility index (Phi) is 4.32. The van der Waals surface area contributed by atoms with Crippen molar-refractivity contribution in [2.45, 2.75) is 39.8 Å². The predicted octanol–water partition coefficient (Wildman–Crippen LogP) is 2.21. The average Bonchev–Trinajstić information content (AvgIpc) is 2.97. The highest BCUT2D eigenvalue weighted by Gasteiger charge is 2.28. The number of fused-ring (bicyclic) bond motifs is 1. The van der Waals surface area contributed by atoms with E-state index in [1.54, 1.807) is 0 Å². The van der Waals surface area contributed by atoms with Crippen molar-refractivity contribution in [3.05, 3.63) is 41.0 Å². The Morgan fingerprint density at radius 2 is 2.17 bits per heavy atom. The molecule has 0 fully saturated rings. The third kappa shape index (κ3) is 3.21. The van der Waals surface area contributed by atoms with Crippen LogP contribution in [0, 0.1) is 19.8 Å². The zero-order valence-electron chi connectivity index (χ0n) is 13.7. The summed E-state index contributed by atoms with van der Waals surface area (Å²) >= 11 is 0. The van der Waals surface area contributed by atoms with Gasteiger partial charge in [-0.1, -0.05) is 12.1 Å². The van der Waals surface area contributed by atoms with E-state index in [-0.39, 0.29) is 11.9 Å². The van der Waals surface area contributed by atoms with Crippen molar-refractivity contribution >= 4 is 5.97 Å². The maximum absolute atomic E-state index is 11.7. The van der Waals surface area contributed by atoms with E-state index >= 15 is 0 Å². The summed E-state index contributed by atoms with van der Waals surface area (Å²) in [6, 6.07) is 6.13. The third-order valence-corrected chi connectivity index (χ3v) is 4.27.